The average Bonchev–Trinajstić information content (AvgIpc) is 2.99. The number of rotatable bonds is 5. The van der Waals surface area contributed by atoms with Crippen LogP contribution < -0.4 is 0 Å². The molecule has 0 aromatic rings. The molecule has 0 bridgehead atoms. The molecule has 0 radical (unpaired) electrons. The fourth-order valence-corrected chi connectivity index (χ4v) is 9.63. The number of hydrogen-bond acceptors (Lipinski definition) is 0. The lowest BCUT2D eigenvalue weighted by Crippen LogP contribution is -2.56. The van der Waals surface area contributed by atoms with Crippen molar-refractivity contribution in [1.29, 1.82) is 0 Å². The smallest absolute Gasteiger partial charge is 0.0241 e. The lowest BCUT2D eigenvalue weighted by molar-refractivity contribution is -0.154. The zero-order chi connectivity index (χ0) is 20.2. The zero-order valence-electron chi connectivity index (χ0n) is 20.2. The van der Waals surface area contributed by atoms with E-state index >= 15 is 0 Å². The fourth-order valence-electron chi connectivity index (χ4n) is 9.63. The Kier molecular flexibility index (Phi) is 5.77. The molecule has 0 spiro atoms. The summed E-state index contributed by atoms with van der Waals surface area (Å²) in [4.78, 5) is 0. The molecule has 0 aliphatic heterocycles. The molecular weight excluding hydrogens is 336 g/mol. The van der Waals surface area contributed by atoms with E-state index in [9.17, 15) is 0 Å². The molecule has 4 saturated carbocycles. The van der Waals surface area contributed by atoms with Gasteiger partial charge in [-0.1, -0.05) is 73.6 Å². The van der Waals surface area contributed by atoms with Gasteiger partial charge in [0.15, 0.2) is 0 Å². The first kappa shape index (κ1) is 21.2. The molecule has 3 unspecified atom stereocenters. The summed E-state index contributed by atoms with van der Waals surface area (Å²) in [5, 5.41) is 0. The Morgan fingerprint density at radius 2 is 1.50 bits per heavy atom. The van der Waals surface area contributed by atoms with Crippen LogP contribution >= 0.6 is 0 Å². The second-order valence-electron chi connectivity index (χ2n) is 13.1. The van der Waals surface area contributed by atoms with Gasteiger partial charge >= 0.3 is 0 Å². The predicted molar refractivity (Wildman–Crippen MR) is 122 cm³/mol. The van der Waals surface area contributed by atoms with Gasteiger partial charge in [-0.15, -0.1) is 0 Å². The van der Waals surface area contributed by atoms with Crippen molar-refractivity contribution in [3.05, 3.63) is 0 Å². The van der Waals surface area contributed by atoms with Crippen LogP contribution in [0.1, 0.15) is 125 Å². The molecule has 0 nitrogen and oxygen atoms in total. The lowest BCUT2D eigenvalue weighted by atomic mass is 9.40. The highest BCUT2D eigenvalue weighted by Gasteiger charge is 2.62. The van der Waals surface area contributed by atoms with Gasteiger partial charge in [0, 0.05) is 0 Å². The summed E-state index contributed by atoms with van der Waals surface area (Å²) in [7, 11) is 0. The van der Waals surface area contributed by atoms with Gasteiger partial charge < -0.3 is 0 Å². The van der Waals surface area contributed by atoms with Crippen molar-refractivity contribution in [1.82, 2.24) is 0 Å². The summed E-state index contributed by atoms with van der Waals surface area (Å²) in [6, 6.07) is 0. The summed E-state index contributed by atoms with van der Waals surface area (Å²) < 4.78 is 0. The fraction of sp³-hybridized carbons (Fsp3) is 1.00. The van der Waals surface area contributed by atoms with Gasteiger partial charge in [-0.25, -0.2) is 0 Å². The second kappa shape index (κ2) is 7.60. The first-order valence-corrected chi connectivity index (χ1v) is 13.2. The minimum atomic E-state index is 0.649. The summed E-state index contributed by atoms with van der Waals surface area (Å²) in [6.45, 7) is 15.6. The summed E-state index contributed by atoms with van der Waals surface area (Å²) in [6.07, 6.45) is 19.7. The van der Waals surface area contributed by atoms with Crippen LogP contribution in [0.3, 0.4) is 0 Å². The molecule has 28 heavy (non-hydrogen) atoms. The molecule has 0 aromatic carbocycles. The second-order valence-corrected chi connectivity index (χ2v) is 13.1. The van der Waals surface area contributed by atoms with E-state index < -0.39 is 0 Å². The SMILES string of the molecule is CC(C)CCC[C@@H](C)C1CCC2[C@@H]3CC[C@]4(C)CCCC[C@]4(C)C3CC[C@@]21C. The molecule has 4 fully saturated rings. The van der Waals surface area contributed by atoms with Gasteiger partial charge in [0.05, 0.1) is 0 Å². The monoisotopic (exact) mass is 386 g/mol. The van der Waals surface area contributed by atoms with Gasteiger partial charge in [-0.3, -0.25) is 0 Å². The lowest BCUT2D eigenvalue weighted by Gasteiger charge is -2.65. The normalized spacial score (nSPS) is 49.4. The van der Waals surface area contributed by atoms with Gasteiger partial charge in [0.25, 0.3) is 0 Å². The van der Waals surface area contributed by atoms with Crippen molar-refractivity contribution in [2.75, 3.05) is 0 Å². The standard InChI is InChI=1S/C28H50/c1-20(2)10-9-11-21(3)23-12-13-24-22-14-18-26(4)16-7-8-17-28(26,6)25(22)15-19-27(23,24)5/h20-25H,7-19H2,1-6H3/t21-,22+,23?,24?,25?,26+,27-,28-/m1/s1. The summed E-state index contributed by atoms with van der Waals surface area (Å²) in [5.74, 6) is 5.99. The largest absolute Gasteiger partial charge is 0.0628 e. The molecule has 4 rings (SSSR count). The predicted octanol–water partition coefficient (Wildman–Crippen LogP) is 8.89. The first-order valence-electron chi connectivity index (χ1n) is 13.2. The highest BCUT2D eigenvalue weighted by atomic mass is 14.7. The van der Waals surface area contributed by atoms with E-state index in [0.29, 0.717) is 16.2 Å². The van der Waals surface area contributed by atoms with Crippen LogP contribution in [-0.2, 0) is 0 Å². The van der Waals surface area contributed by atoms with Crippen molar-refractivity contribution in [3.63, 3.8) is 0 Å². The van der Waals surface area contributed by atoms with Crippen molar-refractivity contribution in [2.24, 2.45) is 51.8 Å². The molecule has 4 aliphatic carbocycles. The number of fused-ring (bicyclic) bond motifs is 5. The maximum Gasteiger partial charge on any atom is -0.0241 e. The van der Waals surface area contributed by atoms with Gasteiger partial charge in [0.2, 0.25) is 0 Å². The maximum absolute atomic E-state index is 2.75. The minimum absolute atomic E-state index is 0.649. The molecule has 0 amide bonds. The molecule has 162 valence electrons. The van der Waals surface area contributed by atoms with Crippen molar-refractivity contribution < 1.29 is 0 Å². The summed E-state index contributed by atoms with van der Waals surface area (Å²) in [5.41, 5.74) is 1.97. The highest BCUT2D eigenvalue weighted by Crippen LogP contribution is 2.71. The van der Waals surface area contributed by atoms with Crippen molar-refractivity contribution >= 4 is 0 Å². The minimum Gasteiger partial charge on any atom is -0.0628 e. The maximum atomic E-state index is 2.75. The molecule has 0 aromatic heterocycles. The third-order valence-corrected chi connectivity index (χ3v) is 11.5. The topological polar surface area (TPSA) is 0 Å². The van der Waals surface area contributed by atoms with Crippen LogP contribution in [0.4, 0.5) is 0 Å². The van der Waals surface area contributed by atoms with E-state index in [1.165, 1.54) is 51.4 Å². The van der Waals surface area contributed by atoms with Crippen LogP contribution in [-0.4, -0.2) is 0 Å². The van der Waals surface area contributed by atoms with Crippen LogP contribution in [0.5, 0.6) is 0 Å². The van der Waals surface area contributed by atoms with Gasteiger partial charge in [-0.2, -0.15) is 0 Å². The van der Waals surface area contributed by atoms with Crippen LogP contribution in [0.25, 0.3) is 0 Å². The van der Waals surface area contributed by atoms with Crippen LogP contribution in [0.2, 0.25) is 0 Å². The third kappa shape index (κ3) is 3.22. The highest BCUT2D eigenvalue weighted by molar-refractivity contribution is 5.12. The Bertz CT molecular complexity index is 548. The van der Waals surface area contributed by atoms with Crippen molar-refractivity contribution in [3.8, 4) is 0 Å². The molecule has 0 heteroatoms. The number of hydrogen-bond donors (Lipinski definition) is 0. The quantitative estimate of drug-likeness (QED) is 0.442. The Labute approximate surface area is 177 Å². The molecule has 4 aliphatic rings. The Morgan fingerprint density at radius 1 is 0.750 bits per heavy atom. The first-order chi connectivity index (χ1) is 13.2. The van der Waals surface area contributed by atoms with Crippen molar-refractivity contribution in [2.45, 2.75) is 125 Å². The molecule has 0 N–H and O–H groups in total. The van der Waals surface area contributed by atoms with Gasteiger partial charge in [0.1, 0.15) is 0 Å². The van der Waals surface area contributed by atoms with E-state index in [1.54, 1.807) is 32.1 Å². The molecule has 0 heterocycles. The van der Waals surface area contributed by atoms with E-state index in [4.69, 9.17) is 0 Å². The van der Waals surface area contributed by atoms with E-state index in [-0.39, 0.29) is 0 Å². The molecule has 8 atom stereocenters. The third-order valence-electron chi connectivity index (χ3n) is 11.5. The molecule has 0 saturated heterocycles. The summed E-state index contributed by atoms with van der Waals surface area (Å²) >= 11 is 0. The van der Waals surface area contributed by atoms with E-state index in [1.807, 2.05) is 0 Å². The van der Waals surface area contributed by atoms with E-state index in [2.05, 4.69) is 41.5 Å². The van der Waals surface area contributed by atoms with Gasteiger partial charge in [-0.05, 0) is 103 Å². The van der Waals surface area contributed by atoms with Crippen LogP contribution in [0.15, 0.2) is 0 Å². The molecular formula is C28H50. The Morgan fingerprint density at radius 3 is 2.25 bits per heavy atom. The zero-order valence-corrected chi connectivity index (χ0v) is 20.2. The van der Waals surface area contributed by atoms with E-state index in [0.717, 1.165) is 35.5 Å². The Balaban J connectivity index is 1.49. The average molecular weight is 387 g/mol. The Hall–Kier alpha value is 0. The van der Waals surface area contributed by atoms with Crippen LogP contribution in [0, 0.1) is 51.8 Å².